The van der Waals surface area contributed by atoms with E-state index in [0.717, 1.165) is 12.1 Å². The Morgan fingerprint density at radius 1 is 1.29 bits per heavy atom. The Hall–Kier alpha value is -2.44. The maximum Gasteiger partial charge on any atom is 0.433 e. The second-order valence-corrected chi connectivity index (χ2v) is 4.05. The quantitative estimate of drug-likeness (QED) is 0.815. The smallest absolute Gasteiger partial charge is 0.433 e. The van der Waals surface area contributed by atoms with Crippen LogP contribution in [0.5, 0.6) is 0 Å². The second-order valence-electron chi connectivity index (χ2n) is 4.05. The van der Waals surface area contributed by atoms with E-state index in [4.69, 9.17) is 4.74 Å². The lowest BCUT2D eigenvalue weighted by molar-refractivity contribution is -0.141. The lowest BCUT2D eigenvalue weighted by atomic mass is 10.1. The van der Waals surface area contributed by atoms with Crippen molar-refractivity contribution < 1.29 is 22.7 Å². The number of hydrogen-bond acceptors (Lipinski definition) is 4. The zero-order chi connectivity index (χ0) is 15.5. The lowest BCUT2D eigenvalue weighted by Gasteiger charge is -2.11. The summed E-state index contributed by atoms with van der Waals surface area (Å²) in [7, 11) is 0. The van der Waals surface area contributed by atoms with Gasteiger partial charge < -0.3 is 4.74 Å². The molecular weight excluding hydrogens is 285 g/mol. The fourth-order valence-electron chi connectivity index (χ4n) is 1.71. The molecule has 0 aliphatic heterocycles. The van der Waals surface area contributed by atoms with Gasteiger partial charge in [0.2, 0.25) is 0 Å². The summed E-state index contributed by atoms with van der Waals surface area (Å²) in [4.78, 5) is 19.2. The molecule has 110 valence electrons. The molecule has 2 aromatic rings. The Balaban J connectivity index is 2.59. The van der Waals surface area contributed by atoms with Gasteiger partial charge in [0.15, 0.2) is 0 Å². The van der Waals surface area contributed by atoms with Crippen LogP contribution < -0.4 is 0 Å². The predicted molar refractivity (Wildman–Crippen MR) is 68.4 cm³/mol. The fraction of sp³-hybridized carbons (Fsp3) is 0.214. The Kier molecular flexibility index (Phi) is 4.21. The molecule has 0 atom stereocenters. The molecule has 4 nitrogen and oxygen atoms in total. The predicted octanol–water partition coefficient (Wildman–Crippen LogP) is 3.34. The van der Waals surface area contributed by atoms with E-state index in [0.29, 0.717) is 5.56 Å². The number of nitrogens with zero attached hydrogens (tertiary/aromatic N) is 2. The summed E-state index contributed by atoms with van der Waals surface area (Å²) in [5.41, 5.74) is -0.893. The van der Waals surface area contributed by atoms with Crippen LogP contribution in [-0.4, -0.2) is 22.5 Å². The summed E-state index contributed by atoms with van der Waals surface area (Å²) in [6.45, 7) is 1.73. The minimum absolute atomic E-state index is 0.0298. The zero-order valence-electron chi connectivity index (χ0n) is 11.0. The molecule has 0 bridgehead atoms. The number of rotatable bonds is 3. The van der Waals surface area contributed by atoms with E-state index in [1.165, 1.54) is 18.5 Å². The number of aromatic nitrogens is 2. The van der Waals surface area contributed by atoms with E-state index < -0.39 is 17.8 Å². The van der Waals surface area contributed by atoms with Crippen molar-refractivity contribution in [3.63, 3.8) is 0 Å². The molecule has 2 heterocycles. The van der Waals surface area contributed by atoms with Gasteiger partial charge in [-0.3, -0.25) is 4.98 Å². The summed E-state index contributed by atoms with van der Waals surface area (Å²) < 4.78 is 43.1. The summed E-state index contributed by atoms with van der Waals surface area (Å²) in [5, 5.41) is 0. The Bertz CT molecular complexity index is 642. The van der Waals surface area contributed by atoms with Gasteiger partial charge in [0, 0.05) is 18.0 Å². The molecule has 2 aromatic heterocycles. The molecule has 0 spiro atoms. The highest BCUT2D eigenvalue weighted by Crippen LogP contribution is 2.31. The second kappa shape index (κ2) is 5.90. The number of carbonyl (C=O) groups excluding carboxylic acids is 1. The van der Waals surface area contributed by atoms with Crippen LogP contribution in [0, 0.1) is 0 Å². The average molecular weight is 296 g/mol. The Labute approximate surface area is 118 Å². The Morgan fingerprint density at radius 2 is 2.05 bits per heavy atom. The Morgan fingerprint density at radius 3 is 2.62 bits per heavy atom. The molecule has 0 saturated heterocycles. The van der Waals surface area contributed by atoms with Gasteiger partial charge in [-0.2, -0.15) is 13.2 Å². The molecule has 0 amide bonds. The molecule has 2 rings (SSSR count). The highest BCUT2D eigenvalue weighted by molar-refractivity contribution is 5.96. The van der Waals surface area contributed by atoms with Crippen LogP contribution in [0.4, 0.5) is 13.2 Å². The molecule has 0 aliphatic rings. The van der Waals surface area contributed by atoms with Crippen LogP contribution in [0.1, 0.15) is 23.0 Å². The first-order chi connectivity index (χ1) is 9.93. The summed E-state index contributed by atoms with van der Waals surface area (Å²) >= 11 is 0. The standard InChI is InChI=1S/C14H11F3N2O2/c1-2-21-13(20)10-5-6-11(14(15,16)17)19-12(10)9-4-3-7-18-8-9/h3-8H,2H2,1H3. The monoisotopic (exact) mass is 296 g/mol. The van der Waals surface area contributed by atoms with Crippen molar-refractivity contribution >= 4 is 5.97 Å². The molecular formula is C14H11F3N2O2. The molecule has 0 N–H and O–H groups in total. The van der Waals surface area contributed by atoms with E-state index in [-0.39, 0.29) is 17.9 Å². The zero-order valence-corrected chi connectivity index (χ0v) is 11.0. The molecule has 0 aliphatic carbocycles. The average Bonchev–Trinajstić information content (AvgIpc) is 2.47. The topological polar surface area (TPSA) is 52.1 Å². The molecule has 0 aromatic carbocycles. The van der Waals surface area contributed by atoms with Crippen molar-refractivity contribution in [1.82, 2.24) is 9.97 Å². The fourth-order valence-corrected chi connectivity index (χ4v) is 1.71. The van der Waals surface area contributed by atoms with E-state index in [1.807, 2.05) is 0 Å². The van der Waals surface area contributed by atoms with Crippen molar-refractivity contribution in [2.75, 3.05) is 6.61 Å². The highest BCUT2D eigenvalue weighted by atomic mass is 19.4. The van der Waals surface area contributed by atoms with E-state index in [1.54, 1.807) is 13.0 Å². The summed E-state index contributed by atoms with van der Waals surface area (Å²) in [6, 6.07) is 4.90. The van der Waals surface area contributed by atoms with Gasteiger partial charge in [0.1, 0.15) is 5.69 Å². The molecule has 21 heavy (non-hydrogen) atoms. The van der Waals surface area contributed by atoms with Gasteiger partial charge >= 0.3 is 12.1 Å². The number of halogens is 3. The number of esters is 1. The van der Waals surface area contributed by atoms with Crippen LogP contribution in [0.2, 0.25) is 0 Å². The van der Waals surface area contributed by atoms with Gasteiger partial charge in [-0.05, 0) is 31.2 Å². The summed E-state index contributed by atoms with van der Waals surface area (Å²) in [5.74, 6) is -0.724. The van der Waals surface area contributed by atoms with Crippen LogP contribution in [0.15, 0.2) is 36.7 Å². The number of carbonyl (C=O) groups is 1. The van der Waals surface area contributed by atoms with E-state index in [9.17, 15) is 18.0 Å². The molecule has 7 heteroatoms. The van der Waals surface area contributed by atoms with Crippen molar-refractivity contribution in [3.8, 4) is 11.3 Å². The van der Waals surface area contributed by atoms with Gasteiger partial charge in [0.05, 0.1) is 17.9 Å². The van der Waals surface area contributed by atoms with Gasteiger partial charge in [0.25, 0.3) is 0 Å². The van der Waals surface area contributed by atoms with Gasteiger partial charge in [-0.15, -0.1) is 0 Å². The van der Waals surface area contributed by atoms with Crippen LogP contribution in [0.25, 0.3) is 11.3 Å². The van der Waals surface area contributed by atoms with Crippen molar-refractivity contribution in [2.45, 2.75) is 13.1 Å². The van der Waals surface area contributed by atoms with Crippen molar-refractivity contribution in [2.24, 2.45) is 0 Å². The third-order valence-corrected chi connectivity index (χ3v) is 2.62. The highest BCUT2D eigenvalue weighted by Gasteiger charge is 2.33. The maximum absolute atomic E-state index is 12.8. The number of pyridine rings is 2. The van der Waals surface area contributed by atoms with Crippen LogP contribution in [0.3, 0.4) is 0 Å². The SMILES string of the molecule is CCOC(=O)c1ccc(C(F)(F)F)nc1-c1cccnc1. The van der Waals surface area contributed by atoms with E-state index >= 15 is 0 Å². The lowest BCUT2D eigenvalue weighted by Crippen LogP contribution is -2.13. The number of hydrogen-bond donors (Lipinski definition) is 0. The third kappa shape index (κ3) is 3.36. The number of ether oxygens (including phenoxy) is 1. The normalized spacial score (nSPS) is 11.2. The first-order valence-corrected chi connectivity index (χ1v) is 6.09. The van der Waals surface area contributed by atoms with E-state index in [2.05, 4.69) is 9.97 Å². The molecule has 0 fully saturated rings. The van der Waals surface area contributed by atoms with Crippen molar-refractivity contribution in [3.05, 3.63) is 47.9 Å². The maximum atomic E-state index is 12.8. The minimum Gasteiger partial charge on any atom is -0.462 e. The number of alkyl halides is 3. The molecule has 0 unspecified atom stereocenters. The molecule has 0 saturated carbocycles. The van der Waals surface area contributed by atoms with Crippen molar-refractivity contribution in [1.29, 1.82) is 0 Å². The summed E-state index contributed by atoms with van der Waals surface area (Å²) in [6.07, 6.45) is -1.78. The van der Waals surface area contributed by atoms with Crippen LogP contribution in [-0.2, 0) is 10.9 Å². The van der Waals surface area contributed by atoms with Gasteiger partial charge in [-0.1, -0.05) is 0 Å². The minimum atomic E-state index is -4.59. The first-order valence-electron chi connectivity index (χ1n) is 6.09. The third-order valence-electron chi connectivity index (χ3n) is 2.62. The molecule has 0 radical (unpaired) electrons. The first kappa shape index (κ1) is 15.0. The largest absolute Gasteiger partial charge is 0.462 e. The van der Waals surface area contributed by atoms with Crippen LogP contribution >= 0.6 is 0 Å². The van der Waals surface area contributed by atoms with Gasteiger partial charge in [-0.25, -0.2) is 9.78 Å².